The summed E-state index contributed by atoms with van der Waals surface area (Å²) in [6.07, 6.45) is 5.07. The Morgan fingerprint density at radius 1 is 1.29 bits per heavy atom. The molecule has 2 aliphatic heterocycles. The molecule has 1 spiro atoms. The number of pyridine rings is 1. The summed E-state index contributed by atoms with van der Waals surface area (Å²) >= 11 is 1.95. The predicted molar refractivity (Wildman–Crippen MR) is 111 cm³/mol. The van der Waals surface area contributed by atoms with Crippen LogP contribution >= 0.6 is 11.8 Å². The van der Waals surface area contributed by atoms with Crippen LogP contribution < -0.4 is 0 Å². The Bertz CT molecular complexity index is 1010. The number of rotatable bonds is 4. The Morgan fingerprint density at radius 3 is 3.00 bits per heavy atom. The Hall–Kier alpha value is -2.31. The third kappa shape index (κ3) is 3.20. The smallest absolute Gasteiger partial charge is 0.253 e. The molecular weight excluding hydrogens is 370 g/mol. The van der Waals surface area contributed by atoms with Crippen LogP contribution in [0.2, 0.25) is 0 Å². The lowest BCUT2D eigenvalue weighted by molar-refractivity contribution is 0.0245. The summed E-state index contributed by atoms with van der Waals surface area (Å²) in [5, 5.41) is 1.11. The van der Waals surface area contributed by atoms with E-state index in [2.05, 4.69) is 15.6 Å². The van der Waals surface area contributed by atoms with E-state index in [1.54, 1.807) is 6.20 Å². The molecule has 5 nitrogen and oxygen atoms in total. The minimum absolute atomic E-state index is 0.134. The number of fused-ring (bicyclic) bond motifs is 1. The summed E-state index contributed by atoms with van der Waals surface area (Å²) in [7, 11) is 2.02. The summed E-state index contributed by atoms with van der Waals surface area (Å²) < 4.78 is 8.30. The standard InChI is InChI=1S/C22H23N3O2S/c1-24-9-7-16-10-17(5-6-20(16)24)21(26)25-14-22(15-25)11-19(13-28-22)27-12-18-4-2-3-8-23-18/h2-10,19H,11-15H2,1H3. The Morgan fingerprint density at radius 2 is 2.18 bits per heavy atom. The topological polar surface area (TPSA) is 47.4 Å². The second-order valence-electron chi connectivity index (χ2n) is 7.81. The van der Waals surface area contributed by atoms with Crippen molar-refractivity contribution >= 4 is 28.6 Å². The third-order valence-corrected chi connectivity index (χ3v) is 7.32. The van der Waals surface area contributed by atoms with Crippen LogP contribution in [0.5, 0.6) is 0 Å². The van der Waals surface area contributed by atoms with Crippen molar-refractivity contribution in [1.82, 2.24) is 14.5 Å². The van der Waals surface area contributed by atoms with Crippen molar-refractivity contribution in [2.24, 2.45) is 7.05 Å². The summed E-state index contributed by atoms with van der Waals surface area (Å²) in [5.74, 6) is 1.13. The first-order valence-corrected chi connectivity index (χ1v) is 10.6. The highest BCUT2D eigenvalue weighted by Crippen LogP contribution is 2.46. The van der Waals surface area contributed by atoms with Gasteiger partial charge in [-0.05, 0) is 42.8 Å². The van der Waals surface area contributed by atoms with Gasteiger partial charge in [0.05, 0.1) is 23.2 Å². The number of likely N-dealkylation sites (tertiary alicyclic amines) is 1. The van der Waals surface area contributed by atoms with Crippen LogP contribution in [0.15, 0.2) is 54.9 Å². The zero-order chi connectivity index (χ0) is 19.1. The summed E-state index contributed by atoms with van der Waals surface area (Å²) in [4.78, 5) is 19.2. The second kappa shape index (κ2) is 6.94. The molecule has 2 aromatic heterocycles. The molecule has 1 atom stereocenters. The van der Waals surface area contributed by atoms with Gasteiger partial charge in [0.25, 0.3) is 5.91 Å². The molecule has 1 amide bonds. The molecule has 2 aliphatic rings. The number of nitrogens with zero attached hydrogens (tertiary/aromatic N) is 3. The van der Waals surface area contributed by atoms with Gasteiger partial charge in [0.1, 0.15) is 0 Å². The van der Waals surface area contributed by atoms with E-state index in [-0.39, 0.29) is 16.8 Å². The summed E-state index contributed by atoms with van der Waals surface area (Å²) in [5.41, 5.74) is 2.89. The van der Waals surface area contributed by atoms with Gasteiger partial charge in [-0.2, -0.15) is 0 Å². The Balaban J connectivity index is 1.18. The zero-order valence-electron chi connectivity index (χ0n) is 15.9. The Kier molecular flexibility index (Phi) is 4.40. The average Bonchev–Trinajstić information content (AvgIpc) is 3.29. The molecule has 0 aliphatic carbocycles. The van der Waals surface area contributed by atoms with Gasteiger partial charge in [-0.15, -0.1) is 11.8 Å². The molecule has 2 saturated heterocycles. The number of aryl methyl sites for hydroxylation is 1. The van der Waals surface area contributed by atoms with E-state index >= 15 is 0 Å². The molecule has 0 saturated carbocycles. The van der Waals surface area contributed by atoms with Crippen molar-refractivity contribution in [2.45, 2.75) is 23.9 Å². The molecule has 0 bridgehead atoms. The van der Waals surface area contributed by atoms with Crippen molar-refractivity contribution in [3.05, 3.63) is 66.1 Å². The van der Waals surface area contributed by atoms with E-state index in [1.807, 2.05) is 66.3 Å². The molecule has 0 radical (unpaired) electrons. The number of carbonyl (C=O) groups excluding carboxylic acids is 1. The molecule has 4 heterocycles. The number of hydrogen-bond acceptors (Lipinski definition) is 4. The molecular formula is C22H23N3O2S. The highest BCUT2D eigenvalue weighted by atomic mass is 32.2. The molecule has 3 aromatic rings. The quantitative estimate of drug-likeness (QED) is 0.681. The zero-order valence-corrected chi connectivity index (χ0v) is 16.7. The number of amides is 1. The van der Waals surface area contributed by atoms with Crippen molar-refractivity contribution in [1.29, 1.82) is 0 Å². The van der Waals surface area contributed by atoms with Crippen LogP contribution in [0, 0.1) is 0 Å². The lowest BCUT2D eigenvalue weighted by Crippen LogP contribution is -2.60. The number of thioether (sulfide) groups is 1. The first kappa shape index (κ1) is 17.8. The predicted octanol–water partition coefficient (Wildman–Crippen LogP) is 3.49. The van der Waals surface area contributed by atoms with Crippen molar-refractivity contribution in [2.75, 3.05) is 18.8 Å². The number of carbonyl (C=O) groups is 1. The normalized spacial score (nSPS) is 20.6. The van der Waals surface area contributed by atoms with Gasteiger partial charge in [-0.1, -0.05) is 6.07 Å². The number of ether oxygens (including phenoxy) is 1. The van der Waals surface area contributed by atoms with E-state index in [4.69, 9.17) is 4.74 Å². The average molecular weight is 394 g/mol. The molecule has 5 rings (SSSR count). The van der Waals surface area contributed by atoms with Crippen molar-refractivity contribution in [3.8, 4) is 0 Å². The highest BCUT2D eigenvalue weighted by molar-refractivity contribution is 8.01. The van der Waals surface area contributed by atoms with Crippen LogP contribution in [0.3, 0.4) is 0 Å². The molecule has 144 valence electrons. The molecule has 2 fully saturated rings. The van der Waals surface area contributed by atoms with Crippen LogP contribution in [-0.4, -0.2) is 50.1 Å². The van der Waals surface area contributed by atoms with Crippen LogP contribution in [0.1, 0.15) is 22.5 Å². The second-order valence-corrected chi connectivity index (χ2v) is 9.30. The molecule has 1 unspecified atom stereocenters. The highest BCUT2D eigenvalue weighted by Gasteiger charge is 2.51. The number of benzene rings is 1. The molecule has 28 heavy (non-hydrogen) atoms. The molecule has 0 N–H and O–H groups in total. The first-order valence-electron chi connectivity index (χ1n) is 9.62. The molecule has 1 aromatic carbocycles. The van der Waals surface area contributed by atoms with Crippen molar-refractivity contribution in [3.63, 3.8) is 0 Å². The van der Waals surface area contributed by atoms with E-state index in [0.717, 1.165) is 47.4 Å². The van der Waals surface area contributed by atoms with Gasteiger partial charge >= 0.3 is 0 Å². The van der Waals surface area contributed by atoms with Gasteiger partial charge in [-0.25, -0.2) is 0 Å². The summed E-state index contributed by atoms with van der Waals surface area (Å²) in [6, 6.07) is 13.9. The monoisotopic (exact) mass is 393 g/mol. The van der Waals surface area contributed by atoms with Crippen LogP contribution in [0.25, 0.3) is 10.9 Å². The minimum atomic E-state index is 0.134. The maximum atomic E-state index is 12.9. The number of hydrogen-bond donors (Lipinski definition) is 0. The third-order valence-electron chi connectivity index (χ3n) is 5.75. The Labute approximate surface area is 168 Å². The van der Waals surface area contributed by atoms with Gasteiger partial charge in [0, 0.05) is 54.8 Å². The van der Waals surface area contributed by atoms with E-state index in [1.165, 1.54) is 0 Å². The van der Waals surface area contributed by atoms with Crippen molar-refractivity contribution < 1.29 is 9.53 Å². The van der Waals surface area contributed by atoms with Crippen LogP contribution in [-0.2, 0) is 18.4 Å². The fraction of sp³-hybridized carbons (Fsp3) is 0.364. The lowest BCUT2D eigenvalue weighted by atomic mass is 9.92. The maximum absolute atomic E-state index is 12.9. The SMILES string of the molecule is Cn1ccc2cc(C(=O)N3CC4(CC(OCc5ccccn5)CS4)C3)ccc21. The lowest BCUT2D eigenvalue weighted by Gasteiger charge is -2.47. The van der Waals surface area contributed by atoms with E-state index in [0.29, 0.717) is 6.61 Å². The van der Waals surface area contributed by atoms with E-state index in [9.17, 15) is 4.79 Å². The fourth-order valence-electron chi connectivity index (χ4n) is 4.21. The maximum Gasteiger partial charge on any atom is 0.253 e. The van der Waals surface area contributed by atoms with Gasteiger partial charge in [0.15, 0.2) is 0 Å². The minimum Gasteiger partial charge on any atom is -0.371 e. The fourth-order valence-corrected chi connectivity index (χ4v) is 5.76. The molecule has 6 heteroatoms. The van der Waals surface area contributed by atoms with Gasteiger partial charge in [0.2, 0.25) is 0 Å². The van der Waals surface area contributed by atoms with Gasteiger partial charge in [-0.3, -0.25) is 9.78 Å². The summed E-state index contributed by atoms with van der Waals surface area (Å²) in [6.45, 7) is 2.18. The van der Waals surface area contributed by atoms with Gasteiger partial charge < -0.3 is 14.2 Å². The largest absolute Gasteiger partial charge is 0.371 e. The van der Waals surface area contributed by atoms with Crippen LogP contribution in [0.4, 0.5) is 0 Å². The van der Waals surface area contributed by atoms with E-state index < -0.39 is 0 Å². The number of aromatic nitrogens is 2. The first-order chi connectivity index (χ1) is 13.6.